The Balaban J connectivity index is 2.08. The molecule has 0 unspecified atom stereocenters. The van der Waals surface area contributed by atoms with Gasteiger partial charge in [0.05, 0.1) is 10.7 Å². The summed E-state index contributed by atoms with van der Waals surface area (Å²) in [5.41, 5.74) is 7.20. The van der Waals surface area contributed by atoms with E-state index < -0.39 is 0 Å². The highest BCUT2D eigenvalue weighted by molar-refractivity contribution is 7.17. The minimum absolute atomic E-state index is 0.513. The first kappa shape index (κ1) is 11.8. The van der Waals surface area contributed by atoms with E-state index in [0.717, 1.165) is 15.6 Å². The Morgan fingerprint density at radius 3 is 2.82 bits per heavy atom. The predicted octanol–water partition coefficient (Wildman–Crippen LogP) is 3.47. The van der Waals surface area contributed by atoms with Crippen LogP contribution in [0.2, 0.25) is 5.02 Å². The van der Waals surface area contributed by atoms with E-state index in [2.05, 4.69) is 11.4 Å². The van der Waals surface area contributed by atoms with Crippen molar-refractivity contribution in [3.63, 3.8) is 0 Å². The highest BCUT2D eigenvalue weighted by Gasteiger charge is 2.05. The molecule has 0 radical (unpaired) electrons. The number of nitrogen functional groups attached to an aromatic ring is 1. The summed E-state index contributed by atoms with van der Waals surface area (Å²) < 4.78 is 0. The van der Waals surface area contributed by atoms with Crippen LogP contribution in [0.3, 0.4) is 0 Å². The number of anilines is 2. The summed E-state index contributed by atoms with van der Waals surface area (Å²) in [5.74, 6) is 0. The predicted molar refractivity (Wildman–Crippen MR) is 72.2 cm³/mol. The van der Waals surface area contributed by atoms with Gasteiger partial charge in [-0.3, -0.25) is 0 Å². The van der Waals surface area contributed by atoms with Gasteiger partial charge in [-0.05, 0) is 17.7 Å². The first-order valence-electron chi connectivity index (χ1n) is 4.97. The molecule has 0 bridgehead atoms. The van der Waals surface area contributed by atoms with Gasteiger partial charge in [0.2, 0.25) is 0 Å². The monoisotopic (exact) mass is 263 g/mol. The number of nitrogens with one attached hydrogen (secondary N) is 1. The zero-order valence-corrected chi connectivity index (χ0v) is 10.5. The Morgan fingerprint density at radius 2 is 2.18 bits per heavy atom. The number of nitriles is 1. The molecule has 2 rings (SSSR count). The Kier molecular flexibility index (Phi) is 3.52. The van der Waals surface area contributed by atoms with Crippen molar-refractivity contribution in [3.05, 3.63) is 45.8 Å². The van der Waals surface area contributed by atoms with Gasteiger partial charge in [-0.1, -0.05) is 29.8 Å². The lowest BCUT2D eigenvalue weighted by Crippen LogP contribution is -1.97. The van der Waals surface area contributed by atoms with Crippen molar-refractivity contribution in [2.24, 2.45) is 0 Å². The van der Waals surface area contributed by atoms with Gasteiger partial charge >= 0.3 is 0 Å². The lowest BCUT2D eigenvalue weighted by Gasteiger charge is -2.05. The zero-order valence-electron chi connectivity index (χ0n) is 8.90. The first-order chi connectivity index (χ1) is 8.20. The van der Waals surface area contributed by atoms with E-state index in [1.165, 1.54) is 11.3 Å². The topological polar surface area (TPSA) is 61.8 Å². The standard InChI is InChI=1S/C12H10ClN3S/c13-9-4-2-1-3-8(9)7-16-12-5-10(15)11(6-14)17-12/h1-5,16H,7,15H2. The number of thiophene rings is 1. The molecule has 0 aliphatic rings. The second kappa shape index (κ2) is 5.09. The van der Waals surface area contributed by atoms with E-state index >= 15 is 0 Å². The maximum absolute atomic E-state index is 8.79. The Bertz CT molecular complexity index is 571. The van der Waals surface area contributed by atoms with E-state index in [1.54, 1.807) is 6.07 Å². The third-order valence-electron chi connectivity index (χ3n) is 2.27. The molecule has 0 spiro atoms. The average molecular weight is 264 g/mol. The fraction of sp³-hybridized carbons (Fsp3) is 0.0833. The molecule has 3 N–H and O–H groups in total. The van der Waals surface area contributed by atoms with Crippen LogP contribution in [0.4, 0.5) is 10.7 Å². The summed E-state index contributed by atoms with van der Waals surface area (Å²) in [6.45, 7) is 0.616. The molecular weight excluding hydrogens is 254 g/mol. The SMILES string of the molecule is N#Cc1sc(NCc2ccccc2Cl)cc1N. The zero-order chi connectivity index (χ0) is 12.3. The van der Waals surface area contributed by atoms with E-state index in [-0.39, 0.29) is 0 Å². The van der Waals surface area contributed by atoms with Gasteiger partial charge in [0, 0.05) is 11.6 Å². The van der Waals surface area contributed by atoms with Crippen LogP contribution in [0.25, 0.3) is 0 Å². The third kappa shape index (κ3) is 2.70. The first-order valence-corrected chi connectivity index (χ1v) is 6.17. The van der Waals surface area contributed by atoms with E-state index in [4.69, 9.17) is 22.6 Å². The smallest absolute Gasteiger partial charge is 0.129 e. The van der Waals surface area contributed by atoms with Gasteiger partial charge in [0.25, 0.3) is 0 Å². The summed E-state index contributed by atoms with van der Waals surface area (Å²) in [6, 6.07) is 11.5. The van der Waals surface area contributed by atoms with Gasteiger partial charge in [-0.15, -0.1) is 11.3 Å². The number of benzene rings is 1. The molecule has 0 saturated heterocycles. The van der Waals surface area contributed by atoms with Gasteiger partial charge < -0.3 is 11.1 Å². The molecule has 5 heteroatoms. The molecule has 0 fully saturated rings. The summed E-state index contributed by atoms with van der Waals surface area (Å²) in [4.78, 5) is 0.534. The number of nitrogens with zero attached hydrogens (tertiary/aromatic N) is 1. The minimum Gasteiger partial charge on any atom is -0.397 e. The maximum Gasteiger partial charge on any atom is 0.129 e. The van der Waals surface area contributed by atoms with Gasteiger partial charge in [-0.25, -0.2) is 0 Å². The van der Waals surface area contributed by atoms with Crippen LogP contribution in [0.5, 0.6) is 0 Å². The van der Waals surface area contributed by atoms with Gasteiger partial charge in [0.15, 0.2) is 0 Å². The van der Waals surface area contributed by atoms with E-state index in [0.29, 0.717) is 17.1 Å². The molecule has 0 aliphatic carbocycles. The number of halogens is 1. The molecule has 1 heterocycles. The number of nitrogens with two attached hydrogens (primary N) is 1. The highest BCUT2D eigenvalue weighted by Crippen LogP contribution is 2.29. The molecule has 0 amide bonds. The van der Waals surface area contributed by atoms with Crippen molar-refractivity contribution >= 4 is 33.6 Å². The van der Waals surface area contributed by atoms with Crippen molar-refractivity contribution < 1.29 is 0 Å². The van der Waals surface area contributed by atoms with Gasteiger partial charge in [0.1, 0.15) is 10.9 Å². The van der Waals surface area contributed by atoms with E-state index in [1.807, 2.05) is 24.3 Å². The van der Waals surface area contributed by atoms with Gasteiger partial charge in [-0.2, -0.15) is 5.26 Å². The number of hydrogen-bond acceptors (Lipinski definition) is 4. The van der Waals surface area contributed by atoms with Crippen molar-refractivity contribution in [2.75, 3.05) is 11.1 Å². The molecule has 1 aromatic heterocycles. The van der Waals surface area contributed by atoms with E-state index in [9.17, 15) is 0 Å². The number of hydrogen-bond donors (Lipinski definition) is 2. The van der Waals surface area contributed by atoms with Crippen molar-refractivity contribution in [1.29, 1.82) is 5.26 Å². The third-order valence-corrected chi connectivity index (χ3v) is 3.66. The molecule has 17 heavy (non-hydrogen) atoms. The van der Waals surface area contributed by atoms with Crippen LogP contribution in [0, 0.1) is 11.3 Å². The highest BCUT2D eigenvalue weighted by atomic mass is 35.5. The minimum atomic E-state index is 0.513. The molecule has 2 aromatic rings. The van der Waals surface area contributed by atoms with Crippen molar-refractivity contribution in [3.8, 4) is 6.07 Å². The Labute approximate surface area is 108 Å². The second-order valence-corrected chi connectivity index (χ2v) is 4.91. The summed E-state index contributed by atoms with van der Waals surface area (Å²) in [6.07, 6.45) is 0. The van der Waals surface area contributed by atoms with Crippen LogP contribution in [0.15, 0.2) is 30.3 Å². The summed E-state index contributed by atoms with van der Waals surface area (Å²) in [7, 11) is 0. The number of rotatable bonds is 3. The quantitative estimate of drug-likeness (QED) is 0.891. The Hall–Kier alpha value is -1.70. The van der Waals surface area contributed by atoms with Crippen LogP contribution >= 0.6 is 22.9 Å². The lowest BCUT2D eigenvalue weighted by molar-refractivity contribution is 1.16. The molecular formula is C12H10ClN3S. The van der Waals surface area contributed by atoms with Crippen LogP contribution in [0.1, 0.15) is 10.4 Å². The molecule has 0 aliphatic heterocycles. The second-order valence-electron chi connectivity index (χ2n) is 3.45. The summed E-state index contributed by atoms with van der Waals surface area (Å²) >= 11 is 7.38. The van der Waals surface area contributed by atoms with Crippen LogP contribution in [-0.2, 0) is 6.54 Å². The molecule has 86 valence electrons. The van der Waals surface area contributed by atoms with Crippen LogP contribution < -0.4 is 11.1 Å². The fourth-order valence-corrected chi connectivity index (χ4v) is 2.38. The molecule has 3 nitrogen and oxygen atoms in total. The van der Waals surface area contributed by atoms with Crippen molar-refractivity contribution in [2.45, 2.75) is 6.54 Å². The largest absolute Gasteiger partial charge is 0.397 e. The Morgan fingerprint density at radius 1 is 1.41 bits per heavy atom. The maximum atomic E-state index is 8.79. The fourth-order valence-electron chi connectivity index (χ4n) is 1.40. The molecule has 0 atom stereocenters. The average Bonchev–Trinajstić information content (AvgIpc) is 2.69. The molecule has 0 saturated carbocycles. The molecule has 1 aromatic carbocycles. The van der Waals surface area contributed by atoms with Crippen LogP contribution in [-0.4, -0.2) is 0 Å². The lowest BCUT2D eigenvalue weighted by atomic mass is 10.2. The summed E-state index contributed by atoms with van der Waals surface area (Å²) in [5, 5.41) is 13.6. The van der Waals surface area contributed by atoms with Crippen molar-refractivity contribution in [1.82, 2.24) is 0 Å². The normalized spacial score (nSPS) is 9.88.